The van der Waals surface area contributed by atoms with Crippen molar-refractivity contribution >= 4 is 22.6 Å². The summed E-state index contributed by atoms with van der Waals surface area (Å²) in [4.78, 5) is 0. The third kappa shape index (κ3) is 16.9. The molecule has 7 heteroatoms. The van der Waals surface area contributed by atoms with E-state index in [2.05, 4.69) is 13.8 Å². The fourth-order valence-corrected chi connectivity index (χ4v) is 7.23. The van der Waals surface area contributed by atoms with Gasteiger partial charge in [-0.1, -0.05) is 162 Å². The molecule has 0 amide bonds. The molecule has 1 heterocycles. The summed E-state index contributed by atoms with van der Waals surface area (Å²) in [5, 5.41) is 43.4. The Bertz CT molecular complexity index is 592. The lowest BCUT2D eigenvalue weighted by Gasteiger charge is -2.51. The van der Waals surface area contributed by atoms with Crippen molar-refractivity contribution in [2.75, 3.05) is 13.2 Å². The Labute approximate surface area is 266 Å². The smallest absolute Gasteiger partial charge is 0.249 e. The van der Waals surface area contributed by atoms with Crippen LogP contribution in [0.3, 0.4) is 0 Å². The van der Waals surface area contributed by atoms with E-state index >= 15 is 0 Å². The predicted molar refractivity (Wildman–Crippen MR) is 178 cm³/mol. The second kappa shape index (κ2) is 24.8. The first-order valence-electron chi connectivity index (χ1n) is 17.6. The summed E-state index contributed by atoms with van der Waals surface area (Å²) >= 11 is 1.75. The fourth-order valence-electron chi connectivity index (χ4n) is 6.18. The quantitative estimate of drug-likeness (QED) is 0.0371. The van der Waals surface area contributed by atoms with E-state index in [0.717, 1.165) is 38.5 Å². The monoisotopic (exact) mass is 698 g/mol. The molecule has 1 aliphatic heterocycles. The molecule has 0 bridgehead atoms. The molecule has 0 radical (unpaired) electrons. The Kier molecular flexibility index (Phi) is 23.9. The number of hydrogen-bond acceptors (Lipinski definition) is 6. The molecular formula is C34H67IO6. The van der Waals surface area contributed by atoms with Crippen LogP contribution < -0.4 is 0 Å². The Hall–Kier alpha value is 0.490. The maximum atomic E-state index is 11.7. The van der Waals surface area contributed by atoms with Crippen molar-refractivity contribution in [1.82, 2.24) is 0 Å². The summed E-state index contributed by atoms with van der Waals surface area (Å²) in [5.74, 6) is 0. The topological polar surface area (TPSA) is 99.4 Å². The number of halogens is 1. The van der Waals surface area contributed by atoms with Crippen LogP contribution in [0.5, 0.6) is 0 Å². The van der Waals surface area contributed by atoms with Crippen molar-refractivity contribution < 1.29 is 29.9 Å². The van der Waals surface area contributed by atoms with Gasteiger partial charge in [-0.05, 0) is 35.4 Å². The Balaban J connectivity index is 2.34. The highest BCUT2D eigenvalue weighted by Crippen LogP contribution is 2.43. The van der Waals surface area contributed by atoms with E-state index in [1.54, 1.807) is 22.6 Å². The molecule has 1 saturated heterocycles. The van der Waals surface area contributed by atoms with Gasteiger partial charge in [0.05, 0.1) is 6.61 Å². The predicted octanol–water partition coefficient (Wildman–Crippen LogP) is 8.73. The highest BCUT2D eigenvalue weighted by Gasteiger charge is 2.61. The SMILES string of the molecule is CCCCCCCCCCCCCCO[C@@H]1[C@](O)(CCCCCCCCCCCCCC)[C@H](O)[C@@H](CO)O[C@@]1(O)I. The van der Waals surface area contributed by atoms with E-state index < -0.39 is 34.3 Å². The van der Waals surface area contributed by atoms with Gasteiger partial charge in [0, 0.05) is 6.61 Å². The van der Waals surface area contributed by atoms with Crippen LogP contribution in [0.4, 0.5) is 0 Å². The van der Waals surface area contributed by atoms with E-state index in [0.29, 0.717) is 13.0 Å². The standard InChI is InChI=1S/C34H67IO6/c1-3-5-7-9-11-13-15-17-19-21-23-25-27-33(38)31(37)30(29-36)41-34(35,39)32(33)40-28-26-24-22-20-18-16-14-12-10-8-6-4-2/h30-32,36-39H,3-29H2,1-2H3/t30-,31-,32-,33+,34-/m1/s1. The van der Waals surface area contributed by atoms with Crippen LogP contribution in [0.2, 0.25) is 0 Å². The minimum absolute atomic E-state index is 0.305. The Morgan fingerprint density at radius 1 is 0.610 bits per heavy atom. The second-order valence-electron chi connectivity index (χ2n) is 12.7. The lowest BCUT2D eigenvalue weighted by atomic mass is 9.79. The molecule has 0 spiro atoms. The lowest BCUT2D eigenvalue weighted by molar-refractivity contribution is -0.340. The van der Waals surface area contributed by atoms with Gasteiger partial charge in [0.15, 0.2) is 6.10 Å². The van der Waals surface area contributed by atoms with Crippen molar-refractivity contribution in [3.8, 4) is 0 Å². The fraction of sp³-hybridized carbons (Fsp3) is 1.00. The van der Waals surface area contributed by atoms with Gasteiger partial charge in [-0.2, -0.15) is 0 Å². The van der Waals surface area contributed by atoms with Gasteiger partial charge in [0.25, 0.3) is 0 Å². The molecule has 0 aromatic heterocycles. The summed E-state index contributed by atoms with van der Waals surface area (Å²) in [6.07, 6.45) is 26.4. The molecule has 1 rings (SSSR count). The Morgan fingerprint density at radius 2 is 0.976 bits per heavy atom. The van der Waals surface area contributed by atoms with Crippen LogP contribution in [0.15, 0.2) is 0 Å². The zero-order valence-corrected chi connectivity index (χ0v) is 29.0. The average Bonchev–Trinajstić information content (AvgIpc) is 2.95. The Morgan fingerprint density at radius 3 is 1.37 bits per heavy atom. The summed E-state index contributed by atoms with van der Waals surface area (Å²) in [6, 6.07) is 0. The largest absolute Gasteiger partial charge is 0.394 e. The lowest BCUT2D eigenvalue weighted by Crippen LogP contribution is -2.70. The third-order valence-corrected chi connectivity index (χ3v) is 9.67. The number of ether oxygens (including phenoxy) is 2. The van der Waals surface area contributed by atoms with Crippen LogP contribution >= 0.6 is 22.6 Å². The zero-order chi connectivity index (χ0) is 30.2. The van der Waals surface area contributed by atoms with E-state index in [9.17, 15) is 20.4 Å². The number of aliphatic hydroxyl groups excluding tert-OH is 2. The maximum absolute atomic E-state index is 11.7. The van der Waals surface area contributed by atoms with Crippen molar-refractivity contribution in [3.63, 3.8) is 0 Å². The number of hydrogen-bond donors (Lipinski definition) is 4. The van der Waals surface area contributed by atoms with E-state index in [4.69, 9.17) is 9.47 Å². The number of alkyl halides is 1. The van der Waals surface area contributed by atoms with Crippen LogP contribution in [-0.2, 0) is 9.47 Å². The van der Waals surface area contributed by atoms with Crippen LogP contribution in [0, 0.1) is 0 Å². The minimum atomic E-state index is -1.81. The first-order valence-corrected chi connectivity index (χ1v) is 18.6. The molecule has 246 valence electrons. The summed E-state index contributed by atoms with van der Waals surface area (Å²) in [5.41, 5.74) is -1.67. The highest BCUT2D eigenvalue weighted by molar-refractivity contribution is 14.1. The number of aliphatic hydroxyl groups is 4. The first-order chi connectivity index (χ1) is 19.8. The van der Waals surface area contributed by atoms with Gasteiger partial charge >= 0.3 is 0 Å². The van der Waals surface area contributed by atoms with Gasteiger partial charge in [-0.15, -0.1) is 0 Å². The molecule has 0 aliphatic carbocycles. The van der Waals surface area contributed by atoms with Crippen molar-refractivity contribution in [2.45, 2.75) is 202 Å². The summed E-state index contributed by atoms with van der Waals surface area (Å²) in [6.45, 7) is 4.43. The maximum Gasteiger partial charge on any atom is 0.249 e. The minimum Gasteiger partial charge on any atom is -0.394 e. The third-order valence-electron chi connectivity index (χ3n) is 8.85. The molecule has 5 atom stereocenters. The zero-order valence-electron chi connectivity index (χ0n) is 26.8. The van der Waals surface area contributed by atoms with Gasteiger partial charge in [0.2, 0.25) is 3.79 Å². The van der Waals surface area contributed by atoms with E-state index in [1.165, 1.54) is 116 Å². The summed E-state index contributed by atoms with van der Waals surface area (Å²) in [7, 11) is 0. The molecule has 1 fully saturated rings. The molecule has 0 saturated carbocycles. The van der Waals surface area contributed by atoms with Crippen LogP contribution in [-0.4, -0.2) is 61.3 Å². The average molecular weight is 699 g/mol. The molecule has 0 unspecified atom stereocenters. The van der Waals surface area contributed by atoms with Crippen molar-refractivity contribution in [1.29, 1.82) is 0 Å². The van der Waals surface area contributed by atoms with Crippen molar-refractivity contribution in [2.24, 2.45) is 0 Å². The molecule has 41 heavy (non-hydrogen) atoms. The molecule has 1 aliphatic rings. The van der Waals surface area contributed by atoms with E-state index in [-0.39, 0.29) is 0 Å². The second-order valence-corrected chi connectivity index (χ2v) is 14.2. The van der Waals surface area contributed by atoms with Crippen LogP contribution in [0.1, 0.15) is 174 Å². The summed E-state index contributed by atoms with van der Waals surface area (Å²) < 4.78 is 9.82. The molecular weight excluding hydrogens is 631 g/mol. The molecule has 6 nitrogen and oxygen atoms in total. The van der Waals surface area contributed by atoms with Crippen LogP contribution in [0.25, 0.3) is 0 Å². The normalized spacial score (nSPS) is 26.6. The number of rotatable bonds is 28. The first kappa shape index (κ1) is 39.5. The van der Waals surface area contributed by atoms with Gasteiger partial charge in [0.1, 0.15) is 17.8 Å². The van der Waals surface area contributed by atoms with Crippen molar-refractivity contribution in [3.05, 3.63) is 0 Å². The molecule has 0 aromatic carbocycles. The number of unbranched alkanes of at least 4 members (excludes halogenated alkanes) is 22. The van der Waals surface area contributed by atoms with Gasteiger partial charge in [-0.3, -0.25) is 0 Å². The van der Waals surface area contributed by atoms with Gasteiger partial charge in [-0.25, -0.2) is 0 Å². The van der Waals surface area contributed by atoms with Gasteiger partial charge < -0.3 is 29.9 Å². The van der Waals surface area contributed by atoms with E-state index in [1.807, 2.05) is 0 Å². The highest BCUT2D eigenvalue weighted by atomic mass is 127. The molecule has 0 aromatic rings. The molecule has 4 N–H and O–H groups in total.